The molecule has 0 fully saturated rings. The number of benzene rings is 2. The molecule has 0 aliphatic carbocycles. The zero-order chi connectivity index (χ0) is 20.6. The van der Waals surface area contributed by atoms with Crippen LogP contribution >= 0.6 is 0 Å². The maximum atomic E-state index is 12.5. The molecule has 0 radical (unpaired) electrons. The maximum absolute atomic E-state index is 12.5. The first-order valence-electron chi connectivity index (χ1n) is 9.71. The fourth-order valence-electron chi connectivity index (χ4n) is 2.81. The lowest BCUT2D eigenvalue weighted by atomic mass is 10.1. The van der Waals surface area contributed by atoms with E-state index in [1.807, 2.05) is 75.4 Å². The average Bonchev–Trinajstić information content (AvgIpc) is 2.69. The third-order valence-corrected chi connectivity index (χ3v) is 4.11. The van der Waals surface area contributed by atoms with Crippen LogP contribution in [0.1, 0.15) is 35.6 Å². The number of rotatable bonds is 8. The van der Waals surface area contributed by atoms with Crippen LogP contribution in [0.4, 0.5) is 11.6 Å². The number of hydrogen-bond acceptors (Lipinski definition) is 5. The van der Waals surface area contributed by atoms with E-state index >= 15 is 0 Å². The van der Waals surface area contributed by atoms with E-state index in [0.29, 0.717) is 18.2 Å². The highest BCUT2D eigenvalue weighted by atomic mass is 16.5. The molecule has 0 atom stereocenters. The Balaban J connectivity index is 1.62. The van der Waals surface area contributed by atoms with Crippen LogP contribution in [-0.2, 0) is 6.42 Å². The summed E-state index contributed by atoms with van der Waals surface area (Å²) in [6, 6.07) is 19.3. The van der Waals surface area contributed by atoms with Crippen molar-refractivity contribution in [1.82, 2.24) is 15.3 Å². The summed E-state index contributed by atoms with van der Waals surface area (Å²) in [5.41, 5.74) is 3.06. The highest BCUT2D eigenvalue weighted by molar-refractivity contribution is 5.92. The van der Waals surface area contributed by atoms with Crippen molar-refractivity contribution >= 4 is 17.5 Å². The largest absolute Gasteiger partial charge is 0.491 e. The summed E-state index contributed by atoms with van der Waals surface area (Å²) in [5, 5.41) is 6.06. The van der Waals surface area contributed by atoms with E-state index < -0.39 is 0 Å². The van der Waals surface area contributed by atoms with E-state index in [0.717, 1.165) is 23.6 Å². The molecule has 1 heterocycles. The summed E-state index contributed by atoms with van der Waals surface area (Å²) in [6.45, 7) is 6.36. The number of aryl methyl sites for hydroxylation is 1. The number of aromatic nitrogens is 2. The van der Waals surface area contributed by atoms with Crippen molar-refractivity contribution < 1.29 is 9.53 Å². The summed E-state index contributed by atoms with van der Waals surface area (Å²) in [6.07, 6.45) is 0.892. The zero-order valence-corrected chi connectivity index (χ0v) is 17.0. The van der Waals surface area contributed by atoms with Crippen molar-refractivity contribution in [3.63, 3.8) is 0 Å². The molecular weight excluding hydrogens is 364 g/mol. The van der Waals surface area contributed by atoms with Gasteiger partial charge in [-0.3, -0.25) is 4.79 Å². The maximum Gasteiger partial charge on any atom is 0.270 e. The van der Waals surface area contributed by atoms with Gasteiger partial charge in [-0.25, -0.2) is 9.97 Å². The topological polar surface area (TPSA) is 76.1 Å². The number of carbonyl (C=O) groups excluding carboxylic acids is 1. The van der Waals surface area contributed by atoms with Crippen LogP contribution in [0.3, 0.4) is 0 Å². The monoisotopic (exact) mass is 390 g/mol. The molecule has 0 saturated carbocycles. The Morgan fingerprint density at radius 2 is 1.76 bits per heavy atom. The van der Waals surface area contributed by atoms with Crippen LogP contribution in [0.5, 0.6) is 5.75 Å². The van der Waals surface area contributed by atoms with Gasteiger partial charge in [-0.15, -0.1) is 0 Å². The smallest absolute Gasteiger partial charge is 0.270 e. The van der Waals surface area contributed by atoms with Crippen molar-refractivity contribution in [2.24, 2.45) is 0 Å². The molecular formula is C23H26N4O2. The Bertz CT molecular complexity index is 941. The minimum atomic E-state index is -0.213. The van der Waals surface area contributed by atoms with Crippen LogP contribution in [0.2, 0.25) is 0 Å². The molecule has 3 aromatic rings. The van der Waals surface area contributed by atoms with Crippen molar-refractivity contribution in [3.05, 3.63) is 77.6 Å². The summed E-state index contributed by atoms with van der Waals surface area (Å²) >= 11 is 0. The van der Waals surface area contributed by atoms with Gasteiger partial charge in [0.2, 0.25) is 5.95 Å². The van der Waals surface area contributed by atoms with Gasteiger partial charge >= 0.3 is 0 Å². The SMILES string of the molecule is Cc1cc(C(=O)NCCc2ccccc2)nc(Nc2ccc(OC(C)C)cc2)n1. The van der Waals surface area contributed by atoms with Gasteiger partial charge in [0.15, 0.2) is 0 Å². The number of hydrogen-bond donors (Lipinski definition) is 2. The molecule has 29 heavy (non-hydrogen) atoms. The highest BCUT2D eigenvalue weighted by Gasteiger charge is 2.11. The first-order chi connectivity index (χ1) is 14.0. The molecule has 0 spiro atoms. The summed E-state index contributed by atoms with van der Waals surface area (Å²) < 4.78 is 5.65. The van der Waals surface area contributed by atoms with Gasteiger partial charge in [0.1, 0.15) is 11.4 Å². The lowest BCUT2D eigenvalue weighted by Crippen LogP contribution is -2.27. The third-order valence-electron chi connectivity index (χ3n) is 4.11. The molecule has 2 aromatic carbocycles. The van der Waals surface area contributed by atoms with Gasteiger partial charge < -0.3 is 15.4 Å². The van der Waals surface area contributed by atoms with E-state index in [-0.39, 0.29) is 12.0 Å². The van der Waals surface area contributed by atoms with Crippen molar-refractivity contribution in [2.45, 2.75) is 33.3 Å². The molecule has 150 valence electrons. The van der Waals surface area contributed by atoms with Crippen molar-refractivity contribution in [3.8, 4) is 5.75 Å². The normalized spacial score (nSPS) is 10.6. The van der Waals surface area contributed by atoms with E-state index in [1.165, 1.54) is 5.56 Å². The van der Waals surface area contributed by atoms with Crippen LogP contribution in [-0.4, -0.2) is 28.5 Å². The molecule has 0 bridgehead atoms. The average molecular weight is 390 g/mol. The number of nitrogens with one attached hydrogen (secondary N) is 2. The lowest BCUT2D eigenvalue weighted by Gasteiger charge is -2.11. The van der Waals surface area contributed by atoms with Gasteiger partial charge in [-0.2, -0.15) is 0 Å². The fourth-order valence-corrected chi connectivity index (χ4v) is 2.81. The van der Waals surface area contributed by atoms with Crippen LogP contribution in [0.15, 0.2) is 60.7 Å². The molecule has 0 aliphatic heterocycles. The van der Waals surface area contributed by atoms with Crippen molar-refractivity contribution in [2.75, 3.05) is 11.9 Å². The number of nitrogens with zero attached hydrogens (tertiary/aromatic N) is 2. The molecule has 0 unspecified atom stereocenters. The van der Waals surface area contributed by atoms with Crippen molar-refractivity contribution in [1.29, 1.82) is 0 Å². The first-order valence-corrected chi connectivity index (χ1v) is 9.71. The van der Waals surface area contributed by atoms with Crippen LogP contribution in [0, 0.1) is 6.92 Å². The molecule has 6 nitrogen and oxygen atoms in total. The van der Waals surface area contributed by atoms with Gasteiger partial charge in [0.25, 0.3) is 5.91 Å². The number of amides is 1. The Labute approximate surface area is 171 Å². The second kappa shape index (κ2) is 9.68. The lowest BCUT2D eigenvalue weighted by molar-refractivity contribution is 0.0949. The molecule has 1 amide bonds. The quantitative estimate of drug-likeness (QED) is 0.600. The standard InChI is InChI=1S/C23H26N4O2/c1-16(2)29-20-11-9-19(10-12-20)26-23-25-17(3)15-21(27-23)22(28)24-14-13-18-7-5-4-6-8-18/h4-12,15-16H,13-14H2,1-3H3,(H,24,28)(H,25,26,27). The Kier molecular flexibility index (Phi) is 6.79. The van der Waals surface area contributed by atoms with Gasteiger partial charge in [-0.1, -0.05) is 30.3 Å². The fraction of sp³-hybridized carbons (Fsp3) is 0.261. The Morgan fingerprint density at radius 1 is 1.03 bits per heavy atom. The molecule has 0 saturated heterocycles. The van der Waals surface area contributed by atoms with E-state index in [2.05, 4.69) is 20.6 Å². The van der Waals surface area contributed by atoms with Crippen LogP contribution < -0.4 is 15.4 Å². The predicted molar refractivity (Wildman–Crippen MR) is 115 cm³/mol. The first kappa shape index (κ1) is 20.3. The molecule has 2 N–H and O–H groups in total. The Morgan fingerprint density at radius 3 is 2.45 bits per heavy atom. The molecule has 3 rings (SSSR count). The molecule has 0 aliphatic rings. The highest BCUT2D eigenvalue weighted by Crippen LogP contribution is 2.19. The van der Waals surface area contributed by atoms with E-state index in [9.17, 15) is 4.79 Å². The van der Waals surface area contributed by atoms with Gasteiger partial charge in [-0.05, 0) is 63.1 Å². The number of carbonyl (C=O) groups is 1. The molecule has 6 heteroatoms. The summed E-state index contributed by atoms with van der Waals surface area (Å²) in [7, 11) is 0. The summed E-state index contributed by atoms with van der Waals surface area (Å²) in [4.78, 5) is 21.2. The number of ether oxygens (including phenoxy) is 1. The van der Waals surface area contributed by atoms with Crippen LogP contribution in [0.25, 0.3) is 0 Å². The molecule has 1 aromatic heterocycles. The van der Waals surface area contributed by atoms with E-state index in [4.69, 9.17) is 4.74 Å². The summed E-state index contributed by atoms with van der Waals surface area (Å²) in [5.74, 6) is 0.972. The minimum absolute atomic E-state index is 0.122. The predicted octanol–water partition coefficient (Wildman–Crippen LogP) is 4.29. The zero-order valence-electron chi connectivity index (χ0n) is 17.0. The second-order valence-corrected chi connectivity index (χ2v) is 7.03. The minimum Gasteiger partial charge on any atom is -0.491 e. The number of anilines is 2. The Hall–Kier alpha value is -3.41. The second-order valence-electron chi connectivity index (χ2n) is 7.03. The van der Waals surface area contributed by atoms with Gasteiger partial charge in [0, 0.05) is 17.9 Å². The third kappa shape index (κ3) is 6.31. The van der Waals surface area contributed by atoms with E-state index in [1.54, 1.807) is 6.07 Å². The van der Waals surface area contributed by atoms with Gasteiger partial charge in [0.05, 0.1) is 6.10 Å².